The summed E-state index contributed by atoms with van der Waals surface area (Å²) in [5.74, 6) is 1.25. The Balaban J connectivity index is 2.15. The van der Waals surface area contributed by atoms with Crippen molar-refractivity contribution >= 4 is 0 Å². The van der Waals surface area contributed by atoms with Crippen LogP contribution in [0, 0.1) is 6.92 Å². The second-order valence-corrected chi connectivity index (χ2v) is 4.64. The van der Waals surface area contributed by atoms with Crippen molar-refractivity contribution in [2.45, 2.75) is 26.6 Å². The van der Waals surface area contributed by atoms with Gasteiger partial charge in [-0.25, -0.2) is 0 Å². The van der Waals surface area contributed by atoms with Gasteiger partial charge in [0.1, 0.15) is 6.61 Å². The molecule has 0 saturated heterocycles. The standard InChI is InChI=1S/C16H19NO3/c1-11-5-4-8-17-14(11)10-20-15-7-6-13(12(2)18)9-16(15)19-3/h4-9,12,18H,10H2,1-3H3. The van der Waals surface area contributed by atoms with Crippen molar-refractivity contribution in [1.29, 1.82) is 0 Å². The number of benzene rings is 1. The van der Waals surface area contributed by atoms with Crippen LogP contribution < -0.4 is 9.47 Å². The van der Waals surface area contributed by atoms with Crippen LogP contribution in [0.3, 0.4) is 0 Å². The monoisotopic (exact) mass is 273 g/mol. The molecule has 2 rings (SSSR count). The van der Waals surface area contributed by atoms with Gasteiger partial charge in [0.05, 0.1) is 18.9 Å². The van der Waals surface area contributed by atoms with Crippen molar-refractivity contribution in [3.63, 3.8) is 0 Å². The maximum absolute atomic E-state index is 9.57. The van der Waals surface area contributed by atoms with Crippen LogP contribution in [-0.4, -0.2) is 17.2 Å². The lowest BCUT2D eigenvalue weighted by molar-refractivity contribution is 0.198. The van der Waals surface area contributed by atoms with E-state index in [9.17, 15) is 5.11 Å². The molecule has 1 heterocycles. The Kier molecular flexibility index (Phi) is 4.58. The van der Waals surface area contributed by atoms with E-state index in [1.54, 1.807) is 32.4 Å². The number of aryl methyl sites for hydroxylation is 1. The first kappa shape index (κ1) is 14.3. The number of nitrogens with zero attached hydrogens (tertiary/aromatic N) is 1. The van der Waals surface area contributed by atoms with Crippen LogP contribution in [0.25, 0.3) is 0 Å². The fourth-order valence-corrected chi connectivity index (χ4v) is 1.88. The van der Waals surface area contributed by atoms with Gasteiger partial charge in [0.25, 0.3) is 0 Å². The quantitative estimate of drug-likeness (QED) is 0.909. The summed E-state index contributed by atoms with van der Waals surface area (Å²) in [4.78, 5) is 4.29. The van der Waals surface area contributed by atoms with E-state index in [4.69, 9.17) is 9.47 Å². The predicted molar refractivity (Wildman–Crippen MR) is 76.9 cm³/mol. The van der Waals surface area contributed by atoms with Crippen LogP contribution in [-0.2, 0) is 6.61 Å². The first-order valence-corrected chi connectivity index (χ1v) is 6.51. The van der Waals surface area contributed by atoms with Crippen LogP contribution in [0.1, 0.15) is 29.8 Å². The number of aromatic nitrogens is 1. The summed E-state index contributed by atoms with van der Waals surface area (Å²) < 4.78 is 11.1. The zero-order valence-electron chi connectivity index (χ0n) is 12.0. The zero-order chi connectivity index (χ0) is 14.5. The average Bonchev–Trinajstić information content (AvgIpc) is 2.46. The second-order valence-electron chi connectivity index (χ2n) is 4.64. The molecule has 2 aromatic rings. The Labute approximate surface area is 119 Å². The summed E-state index contributed by atoms with van der Waals surface area (Å²) in [5.41, 5.74) is 2.78. The fourth-order valence-electron chi connectivity index (χ4n) is 1.88. The molecule has 4 nitrogen and oxygen atoms in total. The summed E-state index contributed by atoms with van der Waals surface area (Å²) in [7, 11) is 1.58. The summed E-state index contributed by atoms with van der Waals surface area (Å²) in [6, 6.07) is 9.31. The highest BCUT2D eigenvalue weighted by molar-refractivity contribution is 5.43. The van der Waals surface area contributed by atoms with Crippen molar-refractivity contribution in [3.8, 4) is 11.5 Å². The molecular weight excluding hydrogens is 254 g/mol. The zero-order valence-corrected chi connectivity index (χ0v) is 12.0. The maximum Gasteiger partial charge on any atom is 0.161 e. The van der Waals surface area contributed by atoms with E-state index in [1.807, 2.05) is 25.1 Å². The third-order valence-corrected chi connectivity index (χ3v) is 3.15. The molecule has 0 aliphatic heterocycles. The third-order valence-electron chi connectivity index (χ3n) is 3.15. The van der Waals surface area contributed by atoms with E-state index in [0.29, 0.717) is 18.1 Å². The molecule has 1 unspecified atom stereocenters. The minimum atomic E-state index is -0.531. The molecule has 0 aliphatic rings. The second kappa shape index (κ2) is 6.39. The van der Waals surface area contributed by atoms with Crippen LogP contribution in [0.2, 0.25) is 0 Å². The van der Waals surface area contributed by atoms with Gasteiger partial charge in [-0.05, 0) is 43.2 Å². The summed E-state index contributed by atoms with van der Waals surface area (Å²) in [6.07, 6.45) is 1.22. The lowest BCUT2D eigenvalue weighted by Gasteiger charge is -2.13. The van der Waals surface area contributed by atoms with Gasteiger partial charge in [-0.2, -0.15) is 0 Å². The van der Waals surface area contributed by atoms with Crippen molar-refractivity contribution in [3.05, 3.63) is 53.3 Å². The largest absolute Gasteiger partial charge is 0.493 e. The third kappa shape index (κ3) is 3.27. The Morgan fingerprint density at radius 3 is 2.70 bits per heavy atom. The average molecular weight is 273 g/mol. The SMILES string of the molecule is COc1cc(C(C)O)ccc1OCc1ncccc1C. The van der Waals surface area contributed by atoms with Gasteiger partial charge >= 0.3 is 0 Å². The highest BCUT2D eigenvalue weighted by Gasteiger charge is 2.09. The first-order chi connectivity index (χ1) is 9.61. The Morgan fingerprint density at radius 2 is 2.05 bits per heavy atom. The lowest BCUT2D eigenvalue weighted by atomic mass is 10.1. The minimum Gasteiger partial charge on any atom is -0.493 e. The van der Waals surface area contributed by atoms with Gasteiger partial charge in [-0.3, -0.25) is 4.98 Å². The van der Waals surface area contributed by atoms with Gasteiger partial charge in [0.15, 0.2) is 11.5 Å². The minimum absolute atomic E-state index is 0.386. The van der Waals surface area contributed by atoms with Gasteiger partial charge < -0.3 is 14.6 Å². The molecule has 20 heavy (non-hydrogen) atoms. The van der Waals surface area contributed by atoms with Crippen LogP contribution in [0.5, 0.6) is 11.5 Å². The van der Waals surface area contributed by atoms with E-state index in [1.165, 1.54) is 0 Å². The summed E-state index contributed by atoms with van der Waals surface area (Å²) in [6.45, 7) is 4.10. The van der Waals surface area contributed by atoms with Crippen molar-refractivity contribution in [2.24, 2.45) is 0 Å². The molecule has 1 aromatic heterocycles. The number of methoxy groups -OCH3 is 1. The number of aliphatic hydroxyl groups excluding tert-OH is 1. The Morgan fingerprint density at radius 1 is 1.25 bits per heavy atom. The van der Waals surface area contributed by atoms with Gasteiger partial charge in [-0.1, -0.05) is 12.1 Å². The Hall–Kier alpha value is -2.07. The van der Waals surface area contributed by atoms with Gasteiger partial charge in [0, 0.05) is 6.20 Å². The molecule has 0 amide bonds. The topological polar surface area (TPSA) is 51.6 Å². The first-order valence-electron chi connectivity index (χ1n) is 6.51. The number of ether oxygens (including phenoxy) is 2. The number of pyridine rings is 1. The molecule has 0 saturated carbocycles. The molecule has 0 radical (unpaired) electrons. The molecule has 0 fully saturated rings. The predicted octanol–water partition coefficient (Wildman–Crippen LogP) is 3.03. The molecule has 106 valence electrons. The highest BCUT2D eigenvalue weighted by Crippen LogP contribution is 2.30. The number of rotatable bonds is 5. The van der Waals surface area contributed by atoms with Gasteiger partial charge in [0.2, 0.25) is 0 Å². The van der Waals surface area contributed by atoms with Crippen LogP contribution in [0.4, 0.5) is 0 Å². The number of aliphatic hydroxyl groups is 1. The molecule has 0 aliphatic carbocycles. The van der Waals surface area contributed by atoms with Crippen molar-refractivity contribution in [2.75, 3.05) is 7.11 Å². The molecule has 1 aromatic carbocycles. The van der Waals surface area contributed by atoms with E-state index >= 15 is 0 Å². The summed E-state index contributed by atoms with van der Waals surface area (Å²) in [5, 5.41) is 9.57. The van der Waals surface area contributed by atoms with Crippen LogP contribution >= 0.6 is 0 Å². The van der Waals surface area contributed by atoms with Crippen molar-refractivity contribution < 1.29 is 14.6 Å². The van der Waals surface area contributed by atoms with E-state index < -0.39 is 6.10 Å². The molecule has 0 bridgehead atoms. The normalized spacial score (nSPS) is 12.0. The smallest absolute Gasteiger partial charge is 0.161 e. The highest BCUT2D eigenvalue weighted by atomic mass is 16.5. The Bertz CT molecular complexity index is 582. The van der Waals surface area contributed by atoms with Gasteiger partial charge in [-0.15, -0.1) is 0 Å². The van der Waals surface area contributed by atoms with Crippen molar-refractivity contribution in [1.82, 2.24) is 4.98 Å². The fraction of sp³-hybridized carbons (Fsp3) is 0.312. The van der Waals surface area contributed by atoms with E-state index in [-0.39, 0.29) is 0 Å². The van der Waals surface area contributed by atoms with E-state index in [0.717, 1.165) is 16.8 Å². The maximum atomic E-state index is 9.57. The molecule has 1 atom stereocenters. The number of hydrogen-bond donors (Lipinski definition) is 1. The molecule has 0 spiro atoms. The molecule has 1 N–H and O–H groups in total. The molecular formula is C16H19NO3. The lowest BCUT2D eigenvalue weighted by Crippen LogP contribution is -2.02. The van der Waals surface area contributed by atoms with E-state index in [2.05, 4.69) is 4.98 Å². The number of hydrogen-bond acceptors (Lipinski definition) is 4. The molecule has 4 heteroatoms. The van der Waals surface area contributed by atoms with Crippen LogP contribution in [0.15, 0.2) is 36.5 Å². The summed E-state index contributed by atoms with van der Waals surface area (Å²) >= 11 is 0.